The molecule has 0 saturated heterocycles. The minimum atomic E-state index is -3.64. The first-order chi connectivity index (χ1) is 11.0. The maximum Gasteiger partial charge on any atom is 0.184 e. The fourth-order valence-electron chi connectivity index (χ4n) is 2.53. The SMILES string of the molecule is C=CCC[C@H]([C@@H](O)c1ccccc1)S(=O)(=O)c1ccc(C)cc1. The smallest absolute Gasteiger partial charge is 0.184 e. The van der Waals surface area contributed by atoms with Crippen LogP contribution in [-0.4, -0.2) is 18.8 Å². The number of aryl methyl sites for hydroxylation is 1. The van der Waals surface area contributed by atoms with Gasteiger partial charge in [0, 0.05) is 0 Å². The normalized spacial score (nSPS) is 14.2. The van der Waals surface area contributed by atoms with E-state index in [1.54, 1.807) is 54.6 Å². The number of sulfone groups is 1. The van der Waals surface area contributed by atoms with Gasteiger partial charge in [0.25, 0.3) is 0 Å². The first-order valence-corrected chi connectivity index (χ1v) is 9.16. The largest absolute Gasteiger partial charge is 0.387 e. The molecule has 23 heavy (non-hydrogen) atoms. The number of allylic oxidation sites excluding steroid dienone is 1. The number of aliphatic hydroxyl groups is 1. The number of aliphatic hydroxyl groups excluding tert-OH is 1. The Labute approximate surface area is 138 Å². The summed E-state index contributed by atoms with van der Waals surface area (Å²) in [5.41, 5.74) is 1.60. The number of hydrogen-bond acceptors (Lipinski definition) is 3. The lowest BCUT2D eigenvalue weighted by Gasteiger charge is -2.23. The summed E-state index contributed by atoms with van der Waals surface area (Å²) in [6.07, 6.45) is 1.47. The van der Waals surface area contributed by atoms with Gasteiger partial charge in [-0.3, -0.25) is 0 Å². The van der Waals surface area contributed by atoms with E-state index in [0.717, 1.165) is 5.56 Å². The summed E-state index contributed by atoms with van der Waals surface area (Å²) in [7, 11) is -3.64. The molecule has 2 aromatic carbocycles. The minimum absolute atomic E-state index is 0.243. The Morgan fingerprint density at radius 2 is 1.70 bits per heavy atom. The number of benzene rings is 2. The van der Waals surface area contributed by atoms with Crippen LogP contribution in [0.4, 0.5) is 0 Å². The molecule has 4 heteroatoms. The molecule has 2 rings (SSSR count). The van der Waals surface area contributed by atoms with E-state index in [1.165, 1.54) is 0 Å². The Kier molecular flexibility index (Phi) is 5.74. The van der Waals surface area contributed by atoms with Gasteiger partial charge in [0.1, 0.15) is 0 Å². The van der Waals surface area contributed by atoms with Gasteiger partial charge >= 0.3 is 0 Å². The fraction of sp³-hybridized carbons (Fsp3) is 0.263. The highest BCUT2D eigenvalue weighted by molar-refractivity contribution is 7.92. The van der Waals surface area contributed by atoms with Crippen LogP contribution >= 0.6 is 0 Å². The van der Waals surface area contributed by atoms with Gasteiger partial charge in [-0.15, -0.1) is 6.58 Å². The zero-order valence-corrected chi connectivity index (χ0v) is 14.0. The summed E-state index contributed by atoms with van der Waals surface area (Å²) in [6, 6.07) is 15.7. The molecular formula is C19H22O3S. The predicted molar refractivity (Wildman–Crippen MR) is 93.0 cm³/mol. The highest BCUT2D eigenvalue weighted by Crippen LogP contribution is 2.30. The van der Waals surface area contributed by atoms with Crippen molar-refractivity contribution in [3.8, 4) is 0 Å². The second-order valence-electron chi connectivity index (χ2n) is 5.62. The molecule has 0 aliphatic carbocycles. The third-order valence-electron chi connectivity index (χ3n) is 3.90. The summed E-state index contributed by atoms with van der Waals surface area (Å²) in [6.45, 7) is 5.56. The average molecular weight is 330 g/mol. The first-order valence-electron chi connectivity index (χ1n) is 7.61. The molecule has 0 aromatic heterocycles. The predicted octanol–water partition coefficient (Wildman–Crippen LogP) is 3.84. The zero-order valence-electron chi connectivity index (χ0n) is 13.2. The van der Waals surface area contributed by atoms with E-state index in [-0.39, 0.29) is 4.90 Å². The molecule has 0 heterocycles. The Hall–Kier alpha value is -1.91. The standard InChI is InChI=1S/C19H22O3S/c1-3-4-10-18(19(20)16-8-6-5-7-9-16)23(21,22)17-13-11-15(2)12-14-17/h3,5-9,11-14,18-20H,1,4,10H2,2H3/t18-,19+/m1/s1. The number of hydrogen-bond donors (Lipinski definition) is 1. The van der Waals surface area contributed by atoms with Crippen LogP contribution in [0.3, 0.4) is 0 Å². The van der Waals surface area contributed by atoms with Crippen LogP contribution in [0.2, 0.25) is 0 Å². The molecule has 0 fully saturated rings. The van der Waals surface area contributed by atoms with Gasteiger partial charge in [0.15, 0.2) is 9.84 Å². The average Bonchev–Trinajstić information content (AvgIpc) is 2.56. The van der Waals surface area contributed by atoms with E-state index >= 15 is 0 Å². The topological polar surface area (TPSA) is 54.4 Å². The molecule has 1 N–H and O–H groups in total. The maximum absolute atomic E-state index is 13.0. The van der Waals surface area contributed by atoms with Crippen molar-refractivity contribution in [1.82, 2.24) is 0 Å². The van der Waals surface area contributed by atoms with Gasteiger partial charge in [-0.2, -0.15) is 0 Å². The molecule has 2 aromatic rings. The van der Waals surface area contributed by atoms with Crippen LogP contribution in [-0.2, 0) is 9.84 Å². The molecule has 0 aliphatic heterocycles. The third kappa shape index (κ3) is 4.09. The molecular weight excluding hydrogens is 308 g/mol. The van der Waals surface area contributed by atoms with Gasteiger partial charge < -0.3 is 5.11 Å². The van der Waals surface area contributed by atoms with Crippen LogP contribution in [0.1, 0.15) is 30.1 Å². The highest BCUT2D eigenvalue weighted by Gasteiger charge is 2.34. The van der Waals surface area contributed by atoms with Gasteiger partial charge in [-0.25, -0.2) is 8.42 Å². The number of rotatable bonds is 7. The molecule has 122 valence electrons. The van der Waals surface area contributed by atoms with Crippen LogP contribution in [0, 0.1) is 6.92 Å². The van der Waals surface area contributed by atoms with E-state index in [1.807, 2.05) is 13.0 Å². The lowest BCUT2D eigenvalue weighted by atomic mass is 10.0. The molecule has 0 saturated carbocycles. The van der Waals surface area contributed by atoms with Gasteiger partial charge in [0.05, 0.1) is 16.2 Å². The van der Waals surface area contributed by atoms with Gasteiger partial charge in [-0.05, 0) is 37.5 Å². The van der Waals surface area contributed by atoms with Crippen LogP contribution in [0.5, 0.6) is 0 Å². The van der Waals surface area contributed by atoms with Crippen molar-refractivity contribution in [1.29, 1.82) is 0 Å². The van der Waals surface area contributed by atoms with Gasteiger partial charge in [-0.1, -0.05) is 54.1 Å². The highest BCUT2D eigenvalue weighted by atomic mass is 32.2. The minimum Gasteiger partial charge on any atom is -0.387 e. The van der Waals surface area contributed by atoms with Crippen molar-refractivity contribution in [2.45, 2.75) is 36.0 Å². The molecule has 3 nitrogen and oxygen atoms in total. The van der Waals surface area contributed by atoms with E-state index in [0.29, 0.717) is 18.4 Å². The first kappa shape index (κ1) is 17.4. The van der Waals surface area contributed by atoms with Gasteiger partial charge in [0.2, 0.25) is 0 Å². The molecule has 0 amide bonds. The molecule has 0 aliphatic rings. The molecule has 0 unspecified atom stereocenters. The maximum atomic E-state index is 13.0. The van der Waals surface area contributed by atoms with Crippen molar-refractivity contribution in [3.63, 3.8) is 0 Å². The van der Waals surface area contributed by atoms with E-state index < -0.39 is 21.2 Å². The molecule has 0 radical (unpaired) electrons. The zero-order chi connectivity index (χ0) is 16.9. The lowest BCUT2D eigenvalue weighted by Crippen LogP contribution is -2.28. The summed E-state index contributed by atoms with van der Waals surface area (Å²) >= 11 is 0. The van der Waals surface area contributed by atoms with E-state index in [9.17, 15) is 13.5 Å². The van der Waals surface area contributed by atoms with Crippen molar-refractivity contribution in [3.05, 3.63) is 78.4 Å². The Morgan fingerprint density at radius 1 is 1.09 bits per heavy atom. The second-order valence-corrected chi connectivity index (χ2v) is 7.78. The second kappa shape index (κ2) is 7.57. The summed E-state index contributed by atoms with van der Waals surface area (Å²) in [5.74, 6) is 0. The van der Waals surface area contributed by atoms with Crippen molar-refractivity contribution >= 4 is 9.84 Å². The molecule has 2 atom stereocenters. The fourth-order valence-corrected chi connectivity index (χ4v) is 4.34. The molecule has 0 spiro atoms. The van der Waals surface area contributed by atoms with Crippen molar-refractivity contribution < 1.29 is 13.5 Å². The Bertz CT molecular complexity index is 734. The summed E-state index contributed by atoms with van der Waals surface area (Å²) in [4.78, 5) is 0.243. The van der Waals surface area contributed by atoms with E-state index in [4.69, 9.17) is 0 Å². The van der Waals surface area contributed by atoms with E-state index in [2.05, 4.69) is 6.58 Å². The monoisotopic (exact) mass is 330 g/mol. The van der Waals surface area contributed by atoms with Crippen LogP contribution < -0.4 is 0 Å². The van der Waals surface area contributed by atoms with Crippen molar-refractivity contribution in [2.24, 2.45) is 0 Å². The Morgan fingerprint density at radius 3 is 2.26 bits per heavy atom. The Balaban J connectivity index is 2.40. The van der Waals surface area contributed by atoms with Crippen LogP contribution in [0.15, 0.2) is 72.1 Å². The third-order valence-corrected chi connectivity index (χ3v) is 6.12. The summed E-state index contributed by atoms with van der Waals surface area (Å²) < 4.78 is 25.9. The lowest BCUT2D eigenvalue weighted by molar-refractivity contribution is 0.167. The van der Waals surface area contributed by atoms with Crippen LogP contribution in [0.25, 0.3) is 0 Å². The quantitative estimate of drug-likeness (QED) is 0.785. The van der Waals surface area contributed by atoms with Crippen molar-refractivity contribution in [2.75, 3.05) is 0 Å². The summed E-state index contributed by atoms with van der Waals surface area (Å²) in [5, 5.41) is 9.75. The molecule has 0 bridgehead atoms.